The normalized spacial score (nSPS) is 27.5. The topological polar surface area (TPSA) is 46.6 Å². The van der Waals surface area contributed by atoms with Crippen molar-refractivity contribution in [3.8, 4) is 0 Å². The number of piperidine rings is 1. The zero-order chi connectivity index (χ0) is 15.9. The van der Waals surface area contributed by atoms with Gasteiger partial charge >= 0.3 is 5.97 Å². The summed E-state index contributed by atoms with van der Waals surface area (Å²) in [5, 5.41) is 0. The molecule has 0 aromatic carbocycles. The minimum absolute atomic E-state index is 0.0433. The van der Waals surface area contributed by atoms with Gasteiger partial charge in [0.15, 0.2) is 0 Å². The Kier molecular flexibility index (Phi) is 6.87. The molecule has 0 aromatic rings. The summed E-state index contributed by atoms with van der Waals surface area (Å²) in [6.07, 6.45) is 9.81. The number of ketones is 1. The number of ether oxygens (including phenoxy) is 1. The van der Waals surface area contributed by atoms with Crippen molar-refractivity contribution in [1.29, 1.82) is 0 Å². The molecule has 1 heterocycles. The van der Waals surface area contributed by atoms with Crippen molar-refractivity contribution < 1.29 is 14.3 Å². The molecule has 22 heavy (non-hydrogen) atoms. The van der Waals surface area contributed by atoms with Crippen LogP contribution in [0.5, 0.6) is 0 Å². The number of carbonyl (C=O) groups excluding carboxylic acids is 2. The molecule has 0 amide bonds. The van der Waals surface area contributed by atoms with Crippen LogP contribution in [0.2, 0.25) is 0 Å². The Hall–Kier alpha value is -0.900. The van der Waals surface area contributed by atoms with Crippen molar-refractivity contribution in [2.45, 2.75) is 70.8 Å². The summed E-state index contributed by atoms with van der Waals surface area (Å²) >= 11 is 0. The van der Waals surface area contributed by atoms with Crippen molar-refractivity contribution in [1.82, 2.24) is 4.90 Å². The van der Waals surface area contributed by atoms with Crippen molar-refractivity contribution in [2.24, 2.45) is 11.8 Å². The van der Waals surface area contributed by atoms with Gasteiger partial charge in [0, 0.05) is 12.0 Å². The third kappa shape index (κ3) is 5.08. The molecule has 126 valence electrons. The maximum atomic E-state index is 12.3. The van der Waals surface area contributed by atoms with Gasteiger partial charge in [-0.15, -0.1) is 0 Å². The Morgan fingerprint density at radius 3 is 2.55 bits per heavy atom. The van der Waals surface area contributed by atoms with Crippen LogP contribution in [0, 0.1) is 11.8 Å². The maximum absolute atomic E-state index is 12.3. The zero-order valence-electron chi connectivity index (χ0n) is 14.2. The van der Waals surface area contributed by atoms with E-state index in [9.17, 15) is 9.59 Å². The van der Waals surface area contributed by atoms with Crippen LogP contribution in [0.4, 0.5) is 0 Å². The number of esters is 1. The maximum Gasteiger partial charge on any atom is 0.313 e. The molecule has 1 aliphatic carbocycles. The van der Waals surface area contributed by atoms with Gasteiger partial charge in [-0.3, -0.25) is 9.59 Å². The summed E-state index contributed by atoms with van der Waals surface area (Å²) in [4.78, 5) is 26.2. The van der Waals surface area contributed by atoms with E-state index in [0.717, 1.165) is 25.3 Å². The molecular weight excluding hydrogens is 278 g/mol. The van der Waals surface area contributed by atoms with Crippen molar-refractivity contribution in [3.05, 3.63) is 0 Å². The summed E-state index contributed by atoms with van der Waals surface area (Å²) in [6, 6.07) is 0.507. The number of rotatable bonds is 6. The fourth-order valence-electron chi connectivity index (χ4n) is 4.04. The second-order valence-electron chi connectivity index (χ2n) is 7.04. The zero-order valence-corrected chi connectivity index (χ0v) is 14.2. The molecule has 0 bridgehead atoms. The number of hydrogen-bond donors (Lipinski definition) is 0. The van der Waals surface area contributed by atoms with E-state index in [1.807, 2.05) is 0 Å². The van der Waals surface area contributed by atoms with Gasteiger partial charge in [-0.25, -0.2) is 0 Å². The average molecular weight is 309 g/mol. The number of nitrogens with zero attached hydrogens (tertiary/aromatic N) is 1. The van der Waals surface area contributed by atoms with Crippen molar-refractivity contribution >= 4 is 11.8 Å². The molecule has 2 aliphatic rings. The van der Waals surface area contributed by atoms with Crippen molar-refractivity contribution in [2.75, 3.05) is 20.2 Å². The van der Waals surface area contributed by atoms with Crippen LogP contribution in [0.1, 0.15) is 64.7 Å². The third-order valence-corrected chi connectivity index (χ3v) is 5.42. The SMILES string of the molecule is CCOC(=O)CC(=O)[C@@H]1CCN(C)[C@H](CC2CCCCC2)C1. The Morgan fingerprint density at radius 1 is 1.14 bits per heavy atom. The van der Waals surface area contributed by atoms with Gasteiger partial charge in [-0.2, -0.15) is 0 Å². The van der Waals surface area contributed by atoms with Crippen LogP contribution in [0.25, 0.3) is 0 Å². The molecule has 1 saturated heterocycles. The number of hydrogen-bond acceptors (Lipinski definition) is 4. The van der Waals surface area contributed by atoms with Crippen LogP contribution in [0.15, 0.2) is 0 Å². The fraction of sp³-hybridized carbons (Fsp3) is 0.889. The second-order valence-corrected chi connectivity index (χ2v) is 7.04. The Labute approximate surface area is 134 Å². The molecule has 2 rings (SSSR count). The van der Waals surface area contributed by atoms with E-state index in [4.69, 9.17) is 4.74 Å². The summed E-state index contributed by atoms with van der Waals surface area (Å²) < 4.78 is 4.90. The van der Waals surface area contributed by atoms with Gasteiger partial charge in [0.05, 0.1) is 6.61 Å². The minimum atomic E-state index is -0.366. The largest absolute Gasteiger partial charge is 0.466 e. The summed E-state index contributed by atoms with van der Waals surface area (Å²) in [6.45, 7) is 3.10. The van der Waals surface area contributed by atoms with Gasteiger partial charge in [-0.05, 0) is 45.7 Å². The standard InChI is InChI=1S/C18H31NO3/c1-3-22-18(21)13-17(20)15-9-10-19(2)16(12-15)11-14-7-5-4-6-8-14/h14-16H,3-13H2,1-2H3/t15-,16-/m1/s1. The molecule has 0 unspecified atom stereocenters. The van der Waals surface area contributed by atoms with E-state index in [-0.39, 0.29) is 24.1 Å². The van der Waals surface area contributed by atoms with Crippen LogP contribution < -0.4 is 0 Å². The average Bonchev–Trinajstić information content (AvgIpc) is 2.50. The van der Waals surface area contributed by atoms with Gasteiger partial charge in [0.25, 0.3) is 0 Å². The lowest BCUT2D eigenvalue weighted by atomic mass is 9.79. The third-order valence-electron chi connectivity index (χ3n) is 5.42. The lowest BCUT2D eigenvalue weighted by molar-refractivity contribution is -0.146. The predicted octanol–water partition coefficient (Wildman–Crippen LogP) is 3.19. The summed E-state index contributed by atoms with van der Waals surface area (Å²) in [7, 11) is 2.18. The first-order chi connectivity index (χ1) is 10.6. The van der Waals surface area contributed by atoms with Crippen LogP contribution in [-0.4, -0.2) is 42.9 Å². The number of Topliss-reactive ketones (excluding diaryl/α,β-unsaturated/α-hetero) is 1. The first-order valence-electron chi connectivity index (χ1n) is 8.98. The highest BCUT2D eigenvalue weighted by molar-refractivity contribution is 5.96. The van der Waals surface area contributed by atoms with E-state index in [1.165, 1.54) is 38.5 Å². The second kappa shape index (κ2) is 8.66. The highest BCUT2D eigenvalue weighted by Gasteiger charge is 2.32. The molecular formula is C18H31NO3. The molecule has 2 atom stereocenters. The highest BCUT2D eigenvalue weighted by atomic mass is 16.5. The number of likely N-dealkylation sites (tertiary alicyclic amines) is 1. The molecule has 4 nitrogen and oxygen atoms in total. The van der Waals surface area contributed by atoms with Crippen LogP contribution in [0.3, 0.4) is 0 Å². The fourth-order valence-corrected chi connectivity index (χ4v) is 4.04. The molecule has 1 saturated carbocycles. The molecule has 4 heteroatoms. The first-order valence-corrected chi connectivity index (χ1v) is 8.98. The Morgan fingerprint density at radius 2 is 1.86 bits per heavy atom. The van der Waals surface area contributed by atoms with E-state index >= 15 is 0 Å². The van der Waals surface area contributed by atoms with Gasteiger partial charge in [0.2, 0.25) is 0 Å². The Balaban J connectivity index is 1.83. The predicted molar refractivity (Wildman–Crippen MR) is 86.6 cm³/mol. The first kappa shape index (κ1) is 17.5. The van der Waals surface area contributed by atoms with Crippen molar-refractivity contribution in [3.63, 3.8) is 0 Å². The highest BCUT2D eigenvalue weighted by Crippen LogP contribution is 2.33. The molecule has 0 aromatic heterocycles. The minimum Gasteiger partial charge on any atom is -0.466 e. The quantitative estimate of drug-likeness (QED) is 0.558. The Bertz CT molecular complexity index is 377. The van der Waals surface area contributed by atoms with Crippen LogP contribution in [-0.2, 0) is 14.3 Å². The molecule has 0 N–H and O–H groups in total. The summed E-state index contributed by atoms with van der Waals surface area (Å²) in [5.41, 5.74) is 0. The molecule has 0 spiro atoms. The van der Waals surface area contributed by atoms with E-state index in [1.54, 1.807) is 6.92 Å². The molecule has 0 radical (unpaired) electrons. The molecule has 2 fully saturated rings. The smallest absolute Gasteiger partial charge is 0.313 e. The van der Waals surface area contributed by atoms with Gasteiger partial charge < -0.3 is 9.64 Å². The monoisotopic (exact) mass is 309 g/mol. The van der Waals surface area contributed by atoms with Gasteiger partial charge in [-0.1, -0.05) is 32.1 Å². The number of carbonyl (C=O) groups is 2. The van der Waals surface area contributed by atoms with E-state index in [2.05, 4.69) is 11.9 Å². The van der Waals surface area contributed by atoms with E-state index < -0.39 is 0 Å². The lowest BCUT2D eigenvalue weighted by Crippen LogP contribution is -2.43. The van der Waals surface area contributed by atoms with E-state index in [0.29, 0.717) is 12.6 Å². The van der Waals surface area contributed by atoms with Gasteiger partial charge in [0.1, 0.15) is 12.2 Å². The molecule has 1 aliphatic heterocycles. The van der Waals surface area contributed by atoms with Crippen LogP contribution >= 0.6 is 0 Å². The lowest BCUT2D eigenvalue weighted by Gasteiger charge is -2.39. The summed E-state index contributed by atoms with van der Waals surface area (Å²) in [5.74, 6) is 0.602.